The molecule has 0 unspecified atom stereocenters. The molecule has 9 heteroatoms. The first kappa shape index (κ1) is 18.9. The molecule has 1 aromatic carbocycles. The lowest BCUT2D eigenvalue weighted by Crippen LogP contribution is -2.41. The SMILES string of the molecule is COC(=O)Cc1c(C)c2ccc3c(c2oc1=O)CN([C@@H]1CCS(=O)(=O)C1)CO3. The highest BCUT2D eigenvalue weighted by atomic mass is 32.2. The first-order valence-corrected chi connectivity index (χ1v) is 10.8. The van der Waals surface area contributed by atoms with Crippen LogP contribution in [0.4, 0.5) is 0 Å². The van der Waals surface area contributed by atoms with Crippen LogP contribution in [-0.2, 0) is 32.3 Å². The summed E-state index contributed by atoms with van der Waals surface area (Å²) in [5.74, 6) is 0.405. The first-order valence-electron chi connectivity index (χ1n) is 9.01. The summed E-state index contributed by atoms with van der Waals surface area (Å²) in [6.45, 7) is 2.50. The van der Waals surface area contributed by atoms with Crippen molar-refractivity contribution in [1.82, 2.24) is 4.90 Å². The molecular formula is C19H21NO7S. The topological polar surface area (TPSA) is 103 Å². The average Bonchev–Trinajstić information content (AvgIpc) is 3.04. The lowest BCUT2D eigenvalue weighted by Gasteiger charge is -2.33. The molecule has 0 radical (unpaired) electrons. The van der Waals surface area contributed by atoms with E-state index in [9.17, 15) is 18.0 Å². The number of nitrogens with zero attached hydrogens (tertiary/aromatic N) is 1. The van der Waals surface area contributed by atoms with Crippen LogP contribution in [0.25, 0.3) is 11.0 Å². The summed E-state index contributed by atoms with van der Waals surface area (Å²) in [5.41, 5.74) is 1.50. The second-order valence-electron chi connectivity index (χ2n) is 7.24. The van der Waals surface area contributed by atoms with Gasteiger partial charge in [-0.05, 0) is 31.0 Å². The molecule has 0 saturated carbocycles. The largest absolute Gasteiger partial charge is 0.478 e. The van der Waals surface area contributed by atoms with Crippen LogP contribution in [0.5, 0.6) is 5.75 Å². The van der Waals surface area contributed by atoms with Crippen LogP contribution in [0.1, 0.15) is 23.1 Å². The third kappa shape index (κ3) is 3.29. The van der Waals surface area contributed by atoms with Gasteiger partial charge in [0, 0.05) is 18.0 Å². The minimum absolute atomic E-state index is 0.111. The molecule has 2 aliphatic rings. The predicted molar refractivity (Wildman–Crippen MR) is 101 cm³/mol. The van der Waals surface area contributed by atoms with Gasteiger partial charge in [-0.2, -0.15) is 0 Å². The Morgan fingerprint density at radius 1 is 1.36 bits per heavy atom. The molecule has 0 bridgehead atoms. The monoisotopic (exact) mass is 407 g/mol. The molecule has 1 atom stereocenters. The minimum Gasteiger partial charge on any atom is -0.478 e. The molecule has 0 N–H and O–H groups in total. The summed E-state index contributed by atoms with van der Waals surface area (Å²) in [5, 5.41) is 0.724. The number of methoxy groups -OCH3 is 1. The predicted octanol–water partition coefficient (Wildman–Crippen LogP) is 1.16. The van der Waals surface area contributed by atoms with Crippen molar-refractivity contribution in [2.24, 2.45) is 0 Å². The zero-order chi connectivity index (χ0) is 20.1. The molecule has 28 heavy (non-hydrogen) atoms. The van der Waals surface area contributed by atoms with Gasteiger partial charge in [-0.3, -0.25) is 9.69 Å². The minimum atomic E-state index is -3.01. The standard InChI is InChI=1S/C19H21NO7S/c1-11-13-3-4-16-15(18(13)27-19(22)14(11)7-17(21)25-2)8-20(10-26-16)12-5-6-28(23,24)9-12/h3-4,12H,5-10H2,1-2H3/t12-/m1/s1. The van der Waals surface area contributed by atoms with Crippen molar-refractivity contribution in [2.45, 2.75) is 32.4 Å². The fraction of sp³-hybridized carbons (Fsp3) is 0.474. The van der Waals surface area contributed by atoms with Crippen LogP contribution in [0.3, 0.4) is 0 Å². The highest BCUT2D eigenvalue weighted by Gasteiger charge is 2.35. The molecule has 1 fully saturated rings. The molecule has 3 heterocycles. The normalized spacial score (nSPS) is 21.3. The smallest absolute Gasteiger partial charge is 0.340 e. The highest BCUT2D eigenvalue weighted by molar-refractivity contribution is 7.91. The first-order chi connectivity index (χ1) is 13.3. The molecule has 2 aliphatic heterocycles. The highest BCUT2D eigenvalue weighted by Crippen LogP contribution is 2.35. The molecule has 1 aromatic heterocycles. The Morgan fingerprint density at radius 2 is 2.14 bits per heavy atom. The van der Waals surface area contributed by atoms with Gasteiger partial charge in [0.2, 0.25) is 0 Å². The van der Waals surface area contributed by atoms with E-state index < -0.39 is 21.4 Å². The molecule has 2 aromatic rings. The van der Waals surface area contributed by atoms with E-state index in [-0.39, 0.29) is 29.5 Å². The van der Waals surface area contributed by atoms with Gasteiger partial charge in [-0.15, -0.1) is 0 Å². The van der Waals surface area contributed by atoms with Crippen molar-refractivity contribution < 1.29 is 27.1 Å². The van der Waals surface area contributed by atoms with Gasteiger partial charge in [0.25, 0.3) is 0 Å². The van der Waals surface area contributed by atoms with Crippen molar-refractivity contribution in [3.8, 4) is 5.75 Å². The van der Waals surface area contributed by atoms with Crippen molar-refractivity contribution in [1.29, 1.82) is 0 Å². The number of fused-ring (bicyclic) bond motifs is 3. The van der Waals surface area contributed by atoms with E-state index in [1.165, 1.54) is 7.11 Å². The molecule has 0 aliphatic carbocycles. The summed E-state index contributed by atoms with van der Waals surface area (Å²) >= 11 is 0. The summed E-state index contributed by atoms with van der Waals surface area (Å²) in [7, 11) is -1.74. The van der Waals surface area contributed by atoms with Crippen molar-refractivity contribution in [3.05, 3.63) is 39.2 Å². The third-order valence-corrected chi connectivity index (χ3v) is 7.29. The number of benzene rings is 1. The second kappa shape index (κ2) is 6.89. The quantitative estimate of drug-likeness (QED) is 0.552. The van der Waals surface area contributed by atoms with Crippen LogP contribution in [0.15, 0.2) is 21.3 Å². The summed E-state index contributed by atoms with van der Waals surface area (Å²) in [4.78, 5) is 26.1. The molecule has 150 valence electrons. The third-order valence-electron chi connectivity index (χ3n) is 5.54. The van der Waals surface area contributed by atoms with Gasteiger partial charge in [-0.1, -0.05) is 0 Å². The second-order valence-corrected chi connectivity index (χ2v) is 9.47. The summed E-state index contributed by atoms with van der Waals surface area (Å²) < 4.78 is 39.7. The van der Waals surface area contributed by atoms with Gasteiger partial charge in [0.05, 0.1) is 36.2 Å². The maximum atomic E-state index is 12.5. The van der Waals surface area contributed by atoms with Gasteiger partial charge < -0.3 is 13.9 Å². The molecule has 1 saturated heterocycles. The van der Waals surface area contributed by atoms with E-state index in [2.05, 4.69) is 4.74 Å². The zero-order valence-corrected chi connectivity index (χ0v) is 16.5. The molecule has 4 rings (SSSR count). The van der Waals surface area contributed by atoms with Crippen molar-refractivity contribution in [2.75, 3.05) is 25.3 Å². The number of rotatable bonds is 3. The van der Waals surface area contributed by atoms with Crippen LogP contribution in [0, 0.1) is 6.92 Å². The van der Waals surface area contributed by atoms with Crippen molar-refractivity contribution >= 4 is 26.8 Å². The van der Waals surface area contributed by atoms with Crippen LogP contribution in [0.2, 0.25) is 0 Å². The average molecular weight is 407 g/mol. The Bertz CT molecular complexity index is 1120. The Hall–Kier alpha value is -2.39. The van der Waals surface area contributed by atoms with Gasteiger partial charge in [-0.25, -0.2) is 13.2 Å². The Balaban J connectivity index is 1.75. The van der Waals surface area contributed by atoms with Crippen molar-refractivity contribution in [3.63, 3.8) is 0 Å². The number of sulfone groups is 1. The summed E-state index contributed by atoms with van der Waals surface area (Å²) in [6, 6.07) is 3.51. The van der Waals surface area contributed by atoms with E-state index >= 15 is 0 Å². The number of aryl methyl sites for hydroxylation is 1. The van der Waals surface area contributed by atoms with E-state index in [1.807, 2.05) is 17.0 Å². The number of carbonyl (C=O) groups excluding carboxylic acids is 1. The van der Waals surface area contributed by atoms with E-state index in [4.69, 9.17) is 9.15 Å². The molecule has 0 amide bonds. The maximum Gasteiger partial charge on any atom is 0.340 e. The van der Waals surface area contributed by atoms with Crippen LogP contribution in [-0.4, -0.2) is 50.7 Å². The number of esters is 1. The van der Waals surface area contributed by atoms with Gasteiger partial charge in [0.1, 0.15) is 18.1 Å². The van der Waals surface area contributed by atoms with Gasteiger partial charge in [0.15, 0.2) is 9.84 Å². The van der Waals surface area contributed by atoms with E-state index in [0.717, 1.165) is 10.9 Å². The lowest BCUT2D eigenvalue weighted by atomic mass is 10.00. The van der Waals surface area contributed by atoms with E-state index in [1.54, 1.807) is 6.92 Å². The van der Waals surface area contributed by atoms with Crippen LogP contribution < -0.4 is 10.4 Å². The molecule has 0 spiro atoms. The zero-order valence-electron chi connectivity index (χ0n) is 15.7. The fourth-order valence-electron chi connectivity index (χ4n) is 3.90. The Labute approximate surface area is 161 Å². The summed E-state index contributed by atoms with van der Waals surface area (Å²) in [6.07, 6.45) is 0.415. The lowest BCUT2D eigenvalue weighted by molar-refractivity contribution is -0.139. The number of ether oxygens (including phenoxy) is 2. The Morgan fingerprint density at radius 3 is 2.82 bits per heavy atom. The Kier molecular flexibility index (Phi) is 4.67. The number of hydrogen-bond acceptors (Lipinski definition) is 8. The molecule has 8 nitrogen and oxygen atoms in total. The number of hydrogen-bond donors (Lipinski definition) is 0. The molecular weight excluding hydrogens is 386 g/mol. The van der Waals surface area contributed by atoms with Crippen LogP contribution >= 0.6 is 0 Å². The van der Waals surface area contributed by atoms with E-state index in [0.29, 0.717) is 36.6 Å². The fourth-order valence-corrected chi connectivity index (χ4v) is 5.66. The van der Waals surface area contributed by atoms with Gasteiger partial charge >= 0.3 is 11.6 Å². The maximum absolute atomic E-state index is 12.5. The number of carbonyl (C=O) groups is 1.